The lowest BCUT2D eigenvalue weighted by Crippen LogP contribution is -2.12. The van der Waals surface area contributed by atoms with Gasteiger partial charge in [0.15, 0.2) is 0 Å². The van der Waals surface area contributed by atoms with Crippen LogP contribution in [-0.2, 0) is 18.3 Å². The Balaban J connectivity index is 0.000000300. The lowest BCUT2D eigenvalue weighted by Gasteiger charge is -2.16. The second kappa shape index (κ2) is 10.1. The summed E-state index contributed by atoms with van der Waals surface area (Å²) >= 11 is 40.4. The highest BCUT2D eigenvalue weighted by Gasteiger charge is 2.36. The minimum atomic E-state index is -2.97. The molecule has 168 valence electrons. The highest BCUT2D eigenvalue weighted by molar-refractivity contribution is 6.48. The van der Waals surface area contributed by atoms with Crippen LogP contribution in [0.15, 0.2) is 36.4 Å². The van der Waals surface area contributed by atoms with Gasteiger partial charge in [0.05, 0.1) is 16.7 Å². The van der Waals surface area contributed by atoms with E-state index < -0.39 is 46.7 Å². The fraction of sp³-hybridized carbons (Fsp3) is 0.250. The number of hydrogen-bond donors (Lipinski definition) is 0. The standard InChI is InChI=1S/2C8H3Cl4F3/c9-7(10,14)4-1-2-6(13)5(3-4)8(11,12)15;9-7(10,14)4-2-1-3-5(6(4)13)8(11,12)15/h2*1-3H. The molecule has 2 rings (SSSR count). The molecular weight excluding hydrogens is 590 g/mol. The van der Waals surface area contributed by atoms with Gasteiger partial charge in [-0.05, 0) is 12.1 Å². The van der Waals surface area contributed by atoms with Crippen LogP contribution in [0.4, 0.5) is 26.3 Å². The molecule has 14 heteroatoms. The summed E-state index contributed by atoms with van der Waals surface area (Å²) in [5, 5.41) is 0. The van der Waals surface area contributed by atoms with E-state index in [-0.39, 0.29) is 5.56 Å². The molecule has 0 saturated carbocycles. The molecule has 0 unspecified atom stereocenters. The van der Waals surface area contributed by atoms with Crippen LogP contribution >= 0.6 is 92.8 Å². The Morgan fingerprint density at radius 2 is 0.933 bits per heavy atom. The summed E-state index contributed by atoms with van der Waals surface area (Å²) in [4.78, 5) is 0. The van der Waals surface area contributed by atoms with Crippen LogP contribution in [-0.4, -0.2) is 0 Å². The van der Waals surface area contributed by atoms with Gasteiger partial charge in [-0.2, -0.15) is 0 Å². The summed E-state index contributed by atoms with van der Waals surface area (Å²) in [5.74, 6) is -2.35. The van der Waals surface area contributed by atoms with E-state index in [1.54, 1.807) is 0 Å². The second-order valence-electron chi connectivity index (χ2n) is 5.35. The lowest BCUT2D eigenvalue weighted by molar-refractivity contribution is 0.368. The van der Waals surface area contributed by atoms with Crippen molar-refractivity contribution < 1.29 is 26.3 Å². The Morgan fingerprint density at radius 3 is 1.27 bits per heavy atom. The van der Waals surface area contributed by atoms with Gasteiger partial charge in [-0.3, -0.25) is 0 Å². The monoisotopic (exact) mass is 592 g/mol. The van der Waals surface area contributed by atoms with Gasteiger partial charge in [0.25, 0.3) is 18.3 Å². The molecule has 0 radical (unpaired) electrons. The summed E-state index contributed by atoms with van der Waals surface area (Å²) in [6.07, 6.45) is 0. The first-order chi connectivity index (χ1) is 13.3. The van der Waals surface area contributed by atoms with Crippen LogP contribution < -0.4 is 0 Å². The zero-order valence-electron chi connectivity index (χ0n) is 13.8. The highest BCUT2D eigenvalue weighted by atomic mass is 35.5. The number of alkyl halides is 12. The molecule has 0 aliphatic rings. The molecular formula is C16H6Cl8F6. The summed E-state index contributed by atoms with van der Waals surface area (Å²) in [7, 11) is 0. The first-order valence-corrected chi connectivity index (χ1v) is 10.2. The normalized spacial score (nSPS) is 13.0. The van der Waals surface area contributed by atoms with Crippen molar-refractivity contribution in [2.45, 2.75) is 18.3 Å². The fourth-order valence-corrected chi connectivity index (χ4v) is 3.00. The van der Waals surface area contributed by atoms with Gasteiger partial charge in [-0.25, -0.2) is 26.3 Å². The third-order valence-electron chi connectivity index (χ3n) is 3.21. The van der Waals surface area contributed by atoms with E-state index in [9.17, 15) is 26.3 Å². The predicted octanol–water partition coefficient (Wildman–Crippen LogP) is 9.88. The van der Waals surface area contributed by atoms with E-state index in [2.05, 4.69) is 0 Å². The smallest absolute Gasteiger partial charge is 0.206 e. The molecule has 0 saturated heterocycles. The van der Waals surface area contributed by atoms with Crippen LogP contribution in [0.1, 0.15) is 22.3 Å². The van der Waals surface area contributed by atoms with Crippen molar-refractivity contribution in [3.63, 3.8) is 0 Å². The van der Waals surface area contributed by atoms with Crippen LogP contribution in [0.2, 0.25) is 0 Å². The summed E-state index contributed by atoms with van der Waals surface area (Å²) in [6, 6.07) is 5.49. The van der Waals surface area contributed by atoms with Crippen LogP contribution in [0.3, 0.4) is 0 Å². The highest BCUT2D eigenvalue weighted by Crippen LogP contribution is 2.43. The van der Waals surface area contributed by atoms with Gasteiger partial charge >= 0.3 is 0 Å². The Bertz CT molecular complexity index is 832. The summed E-state index contributed by atoms with van der Waals surface area (Å²) in [5.41, 5.74) is -2.59. The van der Waals surface area contributed by atoms with Gasteiger partial charge in [-0.15, -0.1) is 0 Å². The zero-order valence-corrected chi connectivity index (χ0v) is 19.8. The molecule has 0 spiro atoms. The van der Waals surface area contributed by atoms with E-state index in [0.29, 0.717) is 0 Å². The Morgan fingerprint density at radius 1 is 0.533 bits per heavy atom. The molecule has 0 N–H and O–H groups in total. The lowest BCUT2D eigenvalue weighted by atomic mass is 10.1. The molecule has 0 aliphatic heterocycles. The van der Waals surface area contributed by atoms with E-state index in [4.69, 9.17) is 92.8 Å². The average molecular weight is 596 g/mol. The van der Waals surface area contributed by atoms with Gasteiger partial charge in [-0.1, -0.05) is 117 Å². The third kappa shape index (κ3) is 8.04. The molecule has 0 atom stereocenters. The minimum Gasteiger partial charge on any atom is -0.206 e. The molecule has 2 aromatic carbocycles. The molecule has 0 amide bonds. The zero-order chi connectivity index (χ0) is 23.7. The largest absolute Gasteiger partial charge is 0.286 e. The molecule has 0 fully saturated rings. The minimum absolute atomic E-state index is 0.356. The number of rotatable bonds is 4. The van der Waals surface area contributed by atoms with Crippen LogP contribution in [0.25, 0.3) is 0 Å². The van der Waals surface area contributed by atoms with Crippen molar-refractivity contribution in [1.29, 1.82) is 0 Å². The van der Waals surface area contributed by atoms with E-state index >= 15 is 0 Å². The molecule has 0 aromatic heterocycles. The van der Waals surface area contributed by atoms with Gasteiger partial charge < -0.3 is 0 Å². The van der Waals surface area contributed by atoms with Crippen molar-refractivity contribution in [1.82, 2.24) is 0 Å². The molecule has 0 nitrogen and oxygen atoms in total. The van der Waals surface area contributed by atoms with E-state index in [1.807, 2.05) is 0 Å². The number of hydrogen-bond acceptors (Lipinski definition) is 0. The molecule has 30 heavy (non-hydrogen) atoms. The van der Waals surface area contributed by atoms with Crippen molar-refractivity contribution in [2.24, 2.45) is 0 Å². The molecule has 2 aromatic rings. The van der Waals surface area contributed by atoms with Crippen LogP contribution in [0.5, 0.6) is 0 Å². The van der Waals surface area contributed by atoms with Crippen LogP contribution in [0, 0.1) is 11.6 Å². The maximum Gasteiger partial charge on any atom is 0.286 e. The predicted molar refractivity (Wildman–Crippen MR) is 111 cm³/mol. The molecule has 0 heterocycles. The van der Waals surface area contributed by atoms with E-state index in [1.165, 1.54) is 0 Å². The number of benzene rings is 2. The first-order valence-electron chi connectivity index (χ1n) is 7.13. The van der Waals surface area contributed by atoms with E-state index in [0.717, 1.165) is 36.4 Å². The Labute approximate surface area is 206 Å². The quantitative estimate of drug-likeness (QED) is 0.244. The van der Waals surface area contributed by atoms with Crippen molar-refractivity contribution in [3.8, 4) is 0 Å². The SMILES string of the molecule is Fc1c(C(F)(Cl)Cl)cccc1C(F)(Cl)Cl.Fc1ccc(C(F)(Cl)Cl)cc1C(F)(Cl)Cl. The van der Waals surface area contributed by atoms with Gasteiger partial charge in [0, 0.05) is 5.56 Å². The Hall–Kier alpha value is 0.340. The number of halogens is 14. The maximum absolute atomic E-state index is 13.4. The van der Waals surface area contributed by atoms with Crippen molar-refractivity contribution in [2.75, 3.05) is 0 Å². The van der Waals surface area contributed by atoms with Crippen molar-refractivity contribution in [3.05, 3.63) is 70.3 Å². The first kappa shape index (κ1) is 28.4. The molecule has 0 aliphatic carbocycles. The average Bonchev–Trinajstić information content (AvgIpc) is 2.51. The summed E-state index contributed by atoms with van der Waals surface area (Å²) in [6.45, 7) is 0. The third-order valence-corrected chi connectivity index (χ3v) is 4.87. The molecule has 0 bridgehead atoms. The second-order valence-corrected chi connectivity index (χ2v) is 10.3. The summed E-state index contributed by atoms with van der Waals surface area (Å²) < 4.78 is 66.9. The van der Waals surface area contributed by atoms with Gasteiger partial charge in [0.1, 0.15) is 11.6 Å². The fourth-order valence-electron chi connectivity index (χ4n) is 1.89. The van der Waals surface area contributed by atoms with Crippen molar-refractivity contribution >= 4 is 92.8 Å². The van der Waals surface area contributed by atoms with Gasteiger partial charge in [0.2, 0.25) is 0 Å². The maximum atomic E-state index is 13.4. The Kier molecular flexibility index (Phi) is 9.54. The topological polar surface area (TPSA) is 0 Å².